The SMILES string of the molecule is Fc1c(F)c(F)c(C2C(F)C(F)C(F)C(F)C2F)c(F)c1F. The number of halogens is 10. The molecule has 1 aliphatic rings. The summed E-state index contributed by atoms with van der Waals surface area (Å²) in [6, 6.07) is 0. The van der Waals surface area contributed by atoms with Crippen molar-refractivity contribution in [3.63, 3.8) is 0 Å². The molecule has 0 N–H and O–H groups in total. The van der Waals surface area contributed by atoms with Crippen LogP contribution in [0.25, 0.3) is 0 Å². The molecule has 0 radical (unpaired) electrons. The number of rotatable bonds is 1. The molecule has 22 heavy (non-hydrogen) atoms. The fourth-order valence-corrected chi connectivity index (χ4v) is 2.33. The Morgan fingerprint density at radius 1 is 0.409 bits per heavy atom. The molecule has 1 aliphatic carbocycles. The van der Waals surface area contributed by atoms with E-state index in [1.807, 2.05) is 0 Å². The topological polar surface area (TPSA) is 0 Å². The van der Waals surface area contributed by atoms with Crippen LogP contribution < -0.4 is 0 Å². The highest BCUT2D eigenvalue weighted by molar-refractivity contribution is 5.31. The standard InChI is InChI=1S/C12H6F10/c13-3-1(4(14)8(18)11(21)7(3)17)2-5(15)9(19)12(22)10(20)6(2)16/h1,3-4,7-8,11H. The molecular formula is C12H6F10. The van der Waals surface area contributed by atoms with Crippen LogP contribution in [0.1, 0.15) is 11.5 Å². The fraction of sp³-hybridized carbons (Fsp3) is 0.500. The second-order valence-electron chi connectivity index (χ2n) is 4.73. The first-order valence-corrected chi connectivity index (χ1v) is 5.82. The van der Waals surface area contributed by atoms with Gasteiger partial charge in [-0.2, -0.15) is 0 Å². The van der Waals surface area contributed by atoms with Gasteiger partial charge in [0.15, 0.2) is 41.8 Å². The maximum atomic E-state index is 13.6. The number of hydrogen-bond donors (Lipinski definition) is 0. The summed E-state index contributed by atoms with van der Waals surface area (Å²) in [5, 5.41) is 0. The van der Waals surface area contributed by atoms with Crippen LogP contribution in [0.4, 0.5) is 43.9 Å². The maximum Gasteiger partial charge on any atom is 0.200 e. The van der Waals surface area contributed by atoms with E-state index in [1.165, 1.54) is 0 Å². The van der Waals surface area contributed by atoms with Crippen molar-refractivity contribution in [3.8, 4) is 0 Å². The summed E-state index contributed by atoms with van der Waals surface area (Å²) in [6.45, 7) is 0. The number of hydrogen-bond acceptors (Lipinski definition) is 0. The minimum Gasteiger partial charge on any atom is -0.243 e. The summed E-state index contributed by atoms with van der Waals surface area (Å²) in [6.07, 6.45) is -16.6. The summed E-state index contributed by atoms with van der Waals surface area (Å²) in [5.41, 5.74) is -2.05. The Morgan fingerprint density at radius 3 is 1.05 bits per heavy atom. The van der Waals surface area contributed by atoms with Crippen molar-refractivity contribution in [1.82, 2.24) is 0 Å². The largest absolute Gasteiger partial charge is 0.243 e. The molecule has 10 heteroatoms. The van der Waals surface area contributed by atoms with Crippen molar-refractivity contribution in [1.29, 1.82) is 0 Å². The highest BCUT2D eigenvalue weighted by atomic mass is 19.2. The second kappa shape index (κ2) is 5.62. The lowest BCUT2D eigenvalue weighted by Crippen LogP contribution is -2.52. The predicted molar refractivity (Wildman–Crippen MR) is 53.5 cm³/mol. The Hall–Kier alpha value is -1.48. The Kier molecular flexibility index (Phi) is 4.31. The van der Waals surface area contributed by atoms with E-state index in [9.17, 15) is 43.9 Å². The molecule has 0 bridgehead atoms. The van der Waals surface area contributed by atoms with Gasteiger partial charge in [0.2, 0.25) is 5.82 Å². The maximum absolute atomic E-state index is 13.6. The van der Waals surface area contributed by atoms with Gasteiger partial charge in [0.25, 0.3) is 0 Å². The van der Waals surface area contributed by atoms with Gasteiger partial charge in [0.1, 0.15) is 12.3 Å². The molecule has 0 spiro atoms. The van der Waals surface area contributed by atoms with Gasteiger partial charge in [-0.05, 0) is 0 Å². The monoisotopic (exact) mass is 340 g/mol. The molecule has 0 amide bonds. The smallest absolute Gasteiger partial charge is 0.200 e. The van der Waals surface area contributed by atoms with Crippen molar-refractivity contribution >= 4 is 0 Å². The molecule has 1 aromatic rings. The zero-order valence-electron chi connectivity index (χ0n) is 10.2. The van der Waals surface area contributed by atoms with Crippen LogP contribution in [0.15, 0.2) is 0 Å². The molecule has 1 aromatic carbocycles. The van der Waals surface area contributed by atoms with E-state index in [0.717, 1.165) is 0 Å². The second-order valence-corrected chi connectivity index (χ2v) is 4.73. The Bertz CT molecular complexity index is 543. The zero-order valence-corrected chi connectivity index (χ0v) is 10.2. The van der Waals surface area contributed by atoms with Crippen molar-refractivity contribution in [2.24, 2.45) is 0 Å². The van der Waals surface area contributed by atoms with Gasteiger partial charge in [-0.25, -0.2) is 43.9 Å². The molecule has 124 valence electrons. The fourth-order valence-electron chi connectivity index (χ4n) is 2.33. The highest BCUT2D eigenvalue weighted by Gasteiger charge is 2.56. The Labute approximate surface area is 116 Å². The van der Waals surface area contributed by atoms with Crippen LogP contribution in [0, 0.1) is 29.1 Å². The van der Waals surface area contributed by atoms with Gasteiger partial charge in [0, 0.05) is 5.56 Å². The third kappa shape index (κ3) is 2.23. The van der Waals surface area contributed by atoms with Gasteiger partial charge >= 0.3 is 0 Å². The predicted octanol–water partition coefficient (Wildman–Crippen LogP) is 4.17. The Morgan fingerprint density at radius 2 is 0.682 bits per heavy atom. The molecule has 0 heterocycles. The molecule has 4 atom stereocenters. The minimum absolute atomic E-state index is 2.05. The molecule has 1 fully saturated rings. The quantitative estimate of drug-likeness (QED) is 0.409. The van der Waals surface area contributed by atoms with E-state index >= 15 is 0 Å². The van der Waals surface area contributed by atoms with Crippen molar-refractivity contribution < 1.29 is 43.9 Å². The van der Waals surface area contributed by atoms with Crippen LogP contribution in [0.2, 0.25) is 0 Å². The third-order valence-corrected chi connectivity index (χ3v) is 3.48. The zero-order chi connectivity index (χ0) is 16.9. The molecule has 0 aliphatic heterocycles. The molecule has 0 saturated heterocycles. The molecular weight excluding hydrogens is 334 g/mol. The number of benzene rings is 1. The average molecular weight is 340 g/mol. The van der Waals surface area contributed by atoms with Crippen molar-refractivity contribution in [2.75, 3.05) is 0 Å². The lowest BCUT2D eigenvalue weighted by Gasteiger charge is -2.36. The van der Waals surface area contributed by atoms with Crippen LogP contribution in [0.5, 0.6) is 0 Å². The van der Waals surface area contributed by atoms with Crippen LogP contribution in [0.3, 0.4) is 0 Å². The van der Waals surface area contributed by atoms with E-state index in [2.05, 4.69) is 0 Å². The average Bonchev–Trinajstić information content (AvgIpc) is 2.50. The lowest BCUT2D eigenvalue weighted by atomic mass is 9.77. The first kappa shape index (κ1) is 16.9. The summed E-state index contributed by atoms with van der Waals surface area (Å²) in [5.74, 6) is -15.9. The van der Waals surface area contributed by atoms with Crippen LogP contribution >= 0.6 is 0 Å². The molecule has 0 nitrogen and oxygen atoms in total. The summed E-state index contributed by atoms with van der Waals surface area (Å²) in [7, 11) is 0. The van der Waals surface area contributed by atoms with Gasteiger partial charge in [0.05, 0.1) is 5.92 Å². The van der Waals surface area contributed by atoms with E-state index in [1.54, 1.807) is 0 Å². The van der Waals surface area contributed by atoms with Gasteiger partial charge in [-0.15, -0.1) is 0 Å². The van der Waals surface area contributed by atoms with Crippen molar-refractivity contribution in [2.45, 2.75) is 36.8 Å². The van der Waals surface area contributed by atoms with Crippen molar-refractivity contribution in [3.05, 3.63) is 34.6 Å². The number of alkyl halides is 5. The van der Waals surface area contributed by atoms with E-state index in [4.69, 9.17) is 0 Å². The molecule has 2 rings (SSSR count). The highest BCUT2D eigenvalue weighted by Crippen LogP contribution is 2.44. The summed E-state index contributed by atoms with van der Waals surface area (Å²) in [4.78, 5) is 0. The Balaban J connectivity index is 2.65. The summed E-state index contributed by atoms with van der Waals surface area (Å²) >= 11 is 0. The van der Waals surface area contributed by atoms with E-state index in [-0.39, 0.29) is 0 Å². The van der Waals surface area contributed by atoms with Crippen LogP contribution in [-0.4, -0.2) is 30.9 Å². The molecule has 4 unspecified atom stereocenters. The third-order valence-electron chi connectivity index (χ3n) is 3.48. The van der Waals surface area contributed by atoms with E-state index < -0.39 is 71.4 Å². The normalized spacial score (nSPS) is 35.7. The first-order valence-electron chi connectivity index (χ1n) is 5.82. The first-order chi connectivity index (χ1) is 10.1. The summed E-state index contributed by atoms with van der Waals surface area (Å²) < 4.78 is 133. The lowest BCUT2D eigenvalue weighted by molar-refractivity contribution is -0.0670. The molecule has 0 aromatic heterocycles. The van der Waals surface area contributed by atoms with Gasteiger partial charge in [-0.3, -0.25) is 0 Å². The molecule has 1 saturated carbocycles. The van der Waals surface area contributed by atoms with E-state index in [0.29, 0.717) is 0 Å². The van der Waals surface area contributed by atoms with Gasteiger partial charge < -0.3 is 0 Å². The van der Waals surface area contributed by atoms with Crippen LogP contribution in [-0.2, 0) is 0 Å². The minimum atomic E-state index is -3.33. The van der Waals surface area contributed by atoms with Gasteiger partial charge in [-0.1, -0.05) is 0 Å².